The maximum atomic E-state index is 12.9. The summed E-state index contributed by atoms with van der Waals surface area (Å²) < 4.78 is 5.40. The molecular formula is C24H22O2. The second-order valence-corrected chi connectivity index (χ2v) is 5.97. The molecule has 2 heteroatoms. The van der Waals surface area contributed by atoms with Crippen molar-refractivity contribution in [3.63, 3.8) is 0 Å². The molecule has 0 saturated carbocycles. The summed E-state index contributed by atoms with van der Waals surface area (Å²) in [4.78, 5) is 12.9. The molecule has 0 fully saturated rings. The molecule has 0 heterocycles. The number of rotatable bonds is 6. The van der Waals surface area contributed by atoms with Gasteiger partial charge in [-0.05, 0) is 29.2 Å². The Labute approximate surface area is 154 Å². The van der Waals surface area contributed by atoms with Gasteiger partial charge in [0.05, 0.1) is 6.61 Å². The topological polar surface area (TPSA) is 26.3 Å². The van der Waals surface area contributed by atoms with Crippen molar-refractivity contribution in [1.29, 1.82) is 0 Å². The Morgan fingerprint density at radius 1 is 0.731 bits per heavy atom. The van der Waals surface area contributed by atoms with Gasteiger partial charge in [-0.3, -0.25) is 0 Å². The van der Waals surface area contributed by atoms with Crippen molar-refractivity contribution < 1.29 is 9.53 Å². The summed E-state index contributed by atoms with van der Waals surface area (Å²) in [5, 5.41) is 0. The van der Waals surface area contributed by atoms with Gasteiger partial charge in [-0.25, -0.2) is 4.79 Å². The molecule has 3 aromatic rings. The lowest BCUT2D eigenvalue weighted by atomic mass is 9.90. The summed E-state index contributed by atoms with van der Waals surface area (Å²) >= 11 is 0. The summed E-state index contributed by atoms with van der Waals surface area (Å²) in [5.41, 5.74) is 4.71. The van der Waals surface area contributed by atoms with Crippen molar-refractivity contribution in [3.8, 4) is 0 Å². The molecule has 130 valence electrons. The summed E-state index contributed by atoms with van der Waals surface area (Å²) in [6.07, 6.45) is 0.527. The molecule has 26 heavy (non-hydrogen) atoms. The lowest BCUT2D eigenvalue weighted by Gasteiger charge is -2.16. The minimum Gasteiger partial charge on any atom is -0.463 e. The molecule has 3 rings (SSSR count). The molecule has 0 N–H and O–H groups in total. The van der Waals surface area contributed by atoms with Gasteiger partial charge in [0.25, 0.3) is 0 Å². The first kappa shape index (κ1) is 17.7. The summed E-state index contributed by atoms with van der Waals surface area (Å²) in [5.74, 6) is -0.265. The quantitative estimate of drug-likeness (QED) is 0.449. The van der Waals surface area contributed by atoms with Gasteiger partial charge in [0.2, 0.25) is 0 Å². The van der Waals surface area contributed by atoms with Crippen LogP contribution in [0, 0.1) is 0 Å². The highest BCUT2D eigenvalue weighted by atomic mass is 16.5. The minimum absolute atomic E-state index is 0.265. The van der Waals surface area contributed by atoms with Crippen molar-refractivity contribution in [1.82, 2.24) is 0 Å². The molecule has 0 radical (unpaired) electrons. The Morgan fingerprint density at radius 2 is 1.19 bits per heavy atom. The zero-order valence-corrected chi connectivity index (χ0v) is 14.9. The van der Waals surface area contributed by atoms with Crippen molar-refractivity contribution in [3.05, 3.63) is 113 Å². The SMILES string of the molecule is CCOC(=O)C(Cc1ccccc1)=C(c1ccccc1)c1ccccc1. The van der Waals surface area contributed by atoms with Crippen molar-refractivity contribution in [2.24, 2.45) is 0 Å². The molecule has 0 atom stereocenters. The maximum absolute atomic E-state index is 12.9. The normalized spacial score (nSPS) is 10.2. The van der Waals surface area contributed by atoms with E-state index in [1.54, 1.807) is 0 Å². The van der Waals surface area contributed by atoms with E-state index in [-0.39, 0.29) is 5.97 Å². The largest absolute Gasteiger partial charge is 0.463 e. The number of carbonyl (C=O) groups is 1. The molecule has 0 aromatic heterocycles. The van der Waals surface area contributed by atoms with E-state index >= 15 is 0 Å². The third-order valence-corrected chi connectivity index (χ3v) is 4.17. The van der Waals surface area contributed by atoms with Crippen LogP contribution < -0.4 is 0 Å². The molecule has 0 amide bonds. The number of benzene rings is 3. The van der Waals surface area contributed by atoms with Crippen LogP contribution in [0.4, 0.5) is 0 Å². The predicted molar refractivity (Wildman–Crippen MR) is 106 cm³/mol. The summed E-state index contributed by atoms with van der Waals surface area (Å²) in [6.45, 7) is 2.19. The van der Waals surface area contributed by atoms with E-state index in [4.69, 9.17) is 4.74 Å². The van der Waals surface area contributed by atoms with E-state index in [2.05, 4.69) is 0 Å². The van der Waals surface area contributed by atoms with Crippen LogP contribution in [0.3, 0.4) is 0 Å². The van der Waals surface area contributed by atoms with Crippen molar-refractivity contribution >= 4 is 11.5 Å². The third-order valence-electron chi connectivity index (χ3n) is 4.17. The van der Waals surface area contributed by atoms with Gasteiger partial charge in [-0.1, -0.05) is 91.0 Å². The zero-order valence-electron chi connectivity index (χ0n) is 14.9. The average Bonchev–Trinajstić information content (AvgIpc) is 2.70. The minimum atomic E-state index is -0.265. The first-order valence-electron chi connectivity index (χ1n) is 8.84. The molecule has 2 nitrogen and oxygen atoms in total. The number of hydrogen-bond donors (Lipinski definition) is 0. The molecule has 0 aliphatic carbocycles. The number of hydrogen-bond acceptors (Lipinski definition) is 2. The molecule has 0 unspecified atom stereocenters. The standard InChI is InChI=1S/C24H22O2/c1-2-26-24(25)22(18-19-12-6-3-7-13-19)23(20-14-8-4-9-15-20)21-16-10-5-11-17-21/h3-17H,2,18H2,1H3. The van der Waals surface area contributed by atoms with Crippen molar-refractivity contribution in [2.75, 3.05) is 6.61 Å². The molecule has 0 aliphatic heterocycles. The maximum Gasteiger partial charge on any atom is 0.334 e. The van der Waals surface area contributed by atoms with Crippen LogP contribution in [-0.2, 0) is 16.0 Å². The van der Waals surface area contributed by atoms with E-state index < -0.39 is 0 Å². The lowest BCUT2D eigenvalue weighted by Crippen LogP contribution is -2.13. The first-order valence-corrected chi connectivity index (χ1v) is 8.84. The van der Waals surface area contributed by atoms with Crippen LogP contribution in [0.1, 0.15) is 23.6 Å². The molecular weight excluding hydrogens is 320 g/mol. The third kappa shape index (κ3) is 4.28. The van der Waals surface area contributed by atoms with Gasteiger partial charge < -0.3 is 4.74 Å². The first-order chi connectivity index (χ1) is 12.8. The highest BCUT2D eigenvalue weighted by molar-refractivity contribution is 6.02. The number of esters is 1. The second kappa shape index (κ2) is 8.82. The predicted octanol–water partition coefficient (Wildman–Crippen LogP) is 5.29. The van der Waals surface area contributed by atoms with Crippen molar-refractivity contribution in [2.45, 2.75) is 13.3 Å². The fourth-order valence-electron chi connectivity index (χ4n) is 3.01. The van der Waals surface area contributed by atoms with Crippen LogP contribution >= 0.6 is 0 Å². The smallest absolute Gasteiger partial charge is 0.334 e. The highest BCUT2D eigenvalue weighted by Crippen LogP contribution is 2.29. The molecule has 3 aromatic carbocycles. The number of carbonyl (C=O) groups excluding carboxylic acids is 1. The molecule has 0 bridgehead atoms. The Morgan fingerprint density at radius 3 is 1.65 bits per heavy atom. The highest BCUT2D eigenvalue weighted by Gasteiger charge is 2.20. The van der Waals surface area contributed by atoms with E-state index in [9.17, 15) is 4.79 Å². The Hall–Kier alpha value is -3.13. The van der Waals surface area contributed by atoms with Crippen LogP contribution in [-0.4, -0.2) is 12.6 Å². The fraction of sp³-hybridized carbons (Fsp3) is 0.125. The van der Waals surface area contributed by atoms with Gasteiger partial charge in [0.1, 0.15) is 0 Å². The summed E-state index contributed by atoms with van der Waals surface area (Å²) in [6, 6.07) is 30.1. The van der Waals surface area contributed by atoms with Gasteiger partial charge >= 0.3 is 5.97 Å². The fourth-order valence-corrected chi connectivity index (χ4v) is 3.01. The van der Waals surface area contributed by atoms with Gasteiger partial charge in [-0.2, -0.15) is 0 Å². The van der Waals surface area contributed by atoms with E-state index in [0.29, 0.717) is 18.6 Å². The van der Waals surface area contributed by atoms with Crippen LogP contribution in [0.15, 0.2) is 96.6 Å². The van der Waals surface area contributed by atoms with Gasteiger partial charge in [-0.15, -0.1) is 0 Å². The van der Waals surface area contributed by atoms with Crippen LogP contribution in [0.2, 0.25) is 0 Å². The van der Waals surface area contributed by atoms with Gasteiger partial charge in [0.15, 0.2) is 0 Å². The van der Waals surface area contributed by atoms with Crippen LogP contribution in [0.25, 0.3) is 5.57 Å². The average molecular weight is 342 g/mol. The molecule has 0 saturated heterocycles. The van der Waals surface area contributed by atoms with E-state index in [1.165, 1.54) is 0 Å². The second-order valence-electron chi connectivity index (χ2n) is 5.97. The molecule has 0 spiro atoms. The Bertz CT molecular complexity index is 824. The summed E-state index contributed by atoms with van der Waals surface area (Å²) in [7, 11) is 0. The Balaban J connectivity index is 2.20. The van der Waals surface area contributed by atoms with E-state index in [0.717, 1.165) is 22.3 Å². The zero-order chi connectivity index (χ0) is 18.2. The van der Waals surface area contributed by atoms with Crippen LogP contribution in [0.5, 0.6) is 0 Å². The monoisotopic (exact) mass is 342 g/mol. The van der Waals surface area contributed by atoms with E-state index in [1.807, 2.05) is 97.9 Å². The Kier molecular flexibility index (Phi) is 6.00. The lowest BCUT2D eigenvalue weighted by molar-refractivity contribution is -0.138. The van der Waals surface area contributed by atoms with Gasteiger partial charge in [0, 0.05) is 12.0 Å². The number of ether oxygens (including phenoxy) is 1. The molecule has 0 aliphatic rings.